The van der Waals surface area contributed by atoms with Crippen LogP contribution in [-0.4, -0.2) is 34.2 Å². The Morgan fingerprint density at radius 1 is 1.00 bits per heavy atom. The second kappa shape index (κ2) is 6.52. The molecule has 0 spiro atoms. The monoisotopic (exact) mass is 340 g/mol. The summed E-state index contributed by atoms with van der Waals surface area (Å²) in [6.07, 6.45) is 0. The number of non-ortho nitro benzene ring substituents is 1. The summed E-state index contributed by atoms with van der Waals surface area (Å²) in [6, 6.07) is 11.9. The highest BCUT2D eigenvalue weighted by Crippen LogP contribution is 2.22. The molecule has 3 rings (SSSR count). The topological polar surface area (TPSA) is 107 Å². The summed E-state index contributed by atoms with van der Waals surface area (Å²) in [6.45, 7) is -0.598. The highest BCUT2D eigenvalue weighted by molar-refractivity contribution is 6.22. The molecule has 2 amide bonds. The van der Waals surface area contributed by atoms with E-state index in [0.29, 0.717) is 5.56 Å². The van der Waals surface area contributed by atoms with Gasteiger partial charge in [0.15, 0.2) is 0 Å². The molecule has 0 fully saturated rings. The number of hydrogen-bond acceptors (Lipinski definition) is 6. The molecule has 126 valence electrons. The van der Waals surface area contributed by atoms with E-state index in [9.17, 15) is 24.5 Å². The molecule has 0 atom stereocenters. The molecule has 0 N–H and O–H groups in total. The number of rotatable bonds is 5. The normalized spacial score (nSPS) is 12.9. The van der Waals surface area contributed by atoms with Crippen LogP contribution in [0.2, 0.25) is 0 Å². The number of benzene rings is 2. The van der Waals surface area contributed by atoms with Gasteiger partial charge in [0.1, 0.15) is 13.2 Å². The van der Waals surface area contributed by atoms with E-state index < -0.39 is 29.3 Å². The Kier molecular flexibility index (Phi) is 4.25. The summed E-state index contributed by atoms with van der Waals surface area (Å²) in [7, 11) is 0. The van der Waals surface area contributed by atoms with Crippen LogP contribution < -0.4 is 0 Å². The number of carbonyl (C=O) groups is 3. The smallest absolute Gasteiger partial charge is 0.326 e. The van der Waals surface area contributed by atoms with Crippen LogP contribution in [0, 0.1) is 10.1 Å². The number of ether oxygens (including phenoxy) is 1. The molecule has 2 aromatic carbocycles. The van der Waals surface area contributed by atoms with E-state index >= 15 is 0 Å². The maximum atomic E-state index is 12.2. The maximum Gasteiger partial charge on any atom is 0.326 e. The van der Waals surface area contributed by atoms with Crippen LogP contribution in [0.3, 0.4) is 0 Å². The van der Waals surface area contributed by atoms with E-state index in [1.54, 1.807) is 12.1 Å². The summed E-state index contributed by atoms with van der Waals surface area (Å²) in [4.78, 5) is 47.1. The van der Waals surface area contributed by atoms with E-state index in [0.717, 1.165) is 4.90 Å². The molecule has 1 aliphatic rings. The number of nitro benzene ring substituents is 1. The van der Waals surface area contributed by atoms with Gasteiger partial charge < -0.3 is 4.74 Å². The number of nitro groups is 1. The minimum atomic E-state index is -0.743. The van der Waals surface area contributed by atoms with Crippen LogP contribution in [0.4, 0.5) is 5.69 Å². The first-order valence-electron chi connectivity index (χ1n) is 7.31. The lowest BCUT2D eigenvalue weighted by atomic mass is 10.1. The second-order valence-corrected chi connectivity index (χ2v) is 5.33. The molecule has 0 saturated carbocycles. The van der Waals surface area contributed by atoms with Crippen molar-refractivity contribution in [1.82, 2.24) is 4.90 Å². The van der Waals surface area contributed by atoms with Gasteiger partial charge in [0.05, 0.1) is 16.1 Å². The number of esters is 1. The molecule has 1 heterocycles. The van der Waals surface area contributed by atoms with Gasteiger partial charge >= 0.3 is 5.97 Å². The van der Waals surface area contributed by atoms with Crippen molar-refractivity contribution >= 4 is 23.5 Å². The lowest BCUT2D eigenvalue weighted by Crippen LogP contribution is -2.35. The number of fused-ring (bicyclic) bond motifs is 1. The second-order valence-electron chi connectivity index (χ2n) is 5.33. The molecule has 0 bridgehead atoms. The fourth-order valence-corrected chi connectivity index (χ4v) is 2.44. The molecule has 0 radical (unpaired) electrons. The molecule has 0 saturated heterocycles. The quantitative estimate of drug-likeness (QED) is 0.356. The third-order valence-corrected chi connectivity index (χ3v) is 3.71. The van der Waals surface area contributed by atoms with Gasteiger partial charge in [-0.2, -0.15) is 0 Å². The van der Waals surface area contributed by atoms with Gasteiger partial charge in [-0.15, -0.1) is 0 Å². The van der Waals surface area contributed by atoms with Gasteiger partial charge in [-0.25, -0.2) is 0 Å². The third-order valence-electron chi connectivity index (χ3n) is 3.71. The lowest BCUT2D eigenvalue weighted by Gasteiger charge is -2.13. The van der Waals surface area contributed by atoms with Crippen molar-refractivity contribution in [3.05, 3.63) is 75.3 Å². The fourth-order valence-electron chi connectivity index (χ4n) is 2.44. The Balaban J connectivity index is 1.59. The van der Waals surface area contributed by atoms with Crippen molar-refractivity contribution in [3.8, 4) is 0 Å². The Labute approximate surface area is 141 Å². The van der Waals surface area contributed by atoms with Crippen LogP contribution >= 0.6 is 0 Å². The number of hydrogen-bond donors (Lipinski definition) is 0. The van der Waals surface area contributed by atoms with Crippen LogP contribution in [0.1, 0.15) is 26.3 Å². The van der Waals surface area contributed by atoms with Crippen LogP contribution in [0.25, 0.3) is 0 Å². The number of imide groups is 1. The predicted octanol–water partition coefficient (Wildman–Crippen LogP) is 1.93. The Bertz CT molecular complexity index is 840. The zero-order valence-electron chi connectivity index (χ0n) is 12.9. The average molecular weight is 340 g/mol. The molecule has 8 nitrogen and oxygen atoms in total. The summed E-state index contributed by atoms with van der Waals surface area (Å²) in [5, 5.41) is 10.6. The number of amides is 2. The first kappa shape index (κ1) is 16.3. The Morgan fingerprint density at radius 2 is 1.56 bits per heavy atom. The molecule has 0 aromatic heterocycles. The Hall–Kier alpha value is -3.55. The zero-order chi connectivity index (χ0) is 18.0. The summed E-state index contributed by atoms with van der Waals surface area (Å²) < 4.78 is 5.03. The third kappa shape index (κ3) is 3.23. The van der Waals surface area contributed by atoms with Crippen molar-refractivity contribution in [1.29, 1.82) is 0 Å². The fraction of sp³-hybridized carbons (Fsp3) is 0.118. The standard InChI is InChI=1S/C17H12N2O6/c20-15(25-10-11-5-7-12(8-6-11)19(23)24)9-18-16(21)13-3-1-2-4-14(13)17(18)22/h1-8H,9-10H2. The van der Waals surface area contributed by atoms with Gasteiger partial charge in [-0.3, -0.25) is 29.4 Å². The molecule has 0 unspecified atom stereocenters. The maximum absolute atomic E-state index is 12.2. The molecular formula is C17H12N2O6. The van der Waals surface area contributed by atoms with Crippen molar-refractivity contribution in [2.75, 3.05) is 6.54 Å². The molecule has 2 aromatic rings. The van der Waals surface area contributed by atoms with Crippen LogP contribution in [0.15, 0.2) is 48.5 Å². The number of nitrogens with zero attached hydrogens (tertiary/aromatic N) is 2. The van der Waals surface area contributed by atoms with Gasteiger partial charge in [0, 0.05) is 12.1 Å². The SMILES string of the molecule is O=C(CN1C(=O)c2ccccc2C1=O)OCc1ccc([N+](=O)[O-])cc1. The van der Waals surface area contributed by atoms with Gasteiger partial charge in [0.25, 0.3) is 17.5 Å². The van der Waals surface area contributed by atoms with Gasteiger partial charge in [-0.1, -0.05) is 12.1 Å². The minimum Gasteiger partial charge on any atom is -0.459 e. The molecule has 0 aliphatic carbocycles. The highest BCUT2D eigenvalue weighted by atomic mass is 16.6. The van der Waals surface area contributed by atoms with Crippen molar-refractivity contribution < 1.29 is 24.0 Å². The largest absolute Gasteiger partial charge is 0.459 e. The van der Waals surface area contributed by atoms with Gasteiger partial charge in [-0.05, 0) is 29.8 Å². The molecule has 1 aliphatic heterocycles. The van der Waals surface area contributed by atoms with Crippen LogP contribution in [-0.2, 0) is 16.1 Å². The summed E-state index contributed by atoms with van der Waals surface area (Å²) in [5.74, 6) is -1.81. The Morgan fingerprint density at radius 3 is 2.08 bits per heavy atom. The van der Waals surface area contributed by atoms with E-state index in [1.165, 1.54) is 36.4 Å². The molecular weight excluding hydrogens is 328 g/mol. The van der Waals surface area contributed by atoms with E-state index in [4.69, 9.17) is 4.74 Å². The van der Waals surface area contributed by atoms with Crippen molar-refractivity contribution in [3.63, 3.8) is 0 Å². The van der Waals surface area contributed by atoms with Gasteiger partial charge in [0.2, 0.25) is 0 Å². The van der Waals surface area contributed by atoms with Crippen LogP contribution in [0.5, 0.6) is 0 Å². The van der Waals surface area contributed by atoms with Crippen molar-refractivity contribution in [2.24, 2.45) is 0 Å². The minimum absolute atomic E-state index is 0.0684. The summed E-state index contributed by atoms with van der Waals surface area (Å²) >= 11 is 0. The first-order valence-corrected chi connectivity index (χ1v) is 7.31. The molecule has 8 heteroatoms. The number of carbonyl (C=O) groups excluding carboxylic acids is 3. The lowest BCUT2D eigenvalue weighted by molar-refractivity contribution is -0.384. The first-order chi connectivity index (χ1) is 12.0. The molecule has 25 heavy (non-hydrogen) atoms. The predicted molar refractivity (Wildman–Crippen MR) is 84.7 cm³/mol. The van der Waals surface area contributed by atoms with E-state index in [-0.39, 0.29) is 23.4 Å². The van der Waals surface area contributed by atoms with Crippen molar-refractivity contribution in [2.45, 2.75) is 6.61 Å². The van der Waals surface area contributed by atoms with E-state index in [1.807, 2.05) is 0 Å². The zero-order valence-corrected chi connectivity index (χ0v) is 12.9. The van der Waals surface area contributed by atoms with E-state index in [2.05, 4.69) is 0 Å². The average Bonchev–Trinajstić information content (AvgIpc) is 2.86. The summed E-state index contributed by atoms with van der Waals surface area (Å²) in [5.41, 5.74) is 1.01. The highest BCUT2D eigenvalue weighted by Gasteiger charge is 2.36.